The van der Waals surface area contributed by atoms with Gasteiger partial charge < -0.3 is 5.41 Å². The van der Waals surface area contributed by atoms with Crippen LogP contribution in [-0.2, 0) is 4.79 Å². The van der Waals surface area contributed by atoms with Crippen molar-refractivity contribution in [3.05, 3.63) is 0 Å². The zero-order valence-electron chi connectivity index (χ0n) is 4.62. The zero-order chi connectivity index (χ0) is 5.86. The summed E-state index contributed by atoms with van der Waals surface area (Å²) in [6, 6.07) is 0. The maximum Gasteiger partial charge on any atom is 0.135 e. The lowest BCUT2D eigenvalue weighted by Crippen LogP contribution is -1.96. The van der Waals surface area contributed by atoms with Crippen LogP contribution in [0.15, 0.2) is 0 Å². The summed E-state index contributed by atoms with van der Waals surface area (Å²) >= 11 is 0. The van der Waals surface area contributed by atoms with E-state index in [1.165, 1.54) is 6.92 Å². The molecule has 0 saturated heterocycles. The van der Waals surface area contributed by atoms with Crippen LogP contribution < -0.4 is 0 Å². The summed E-state index contributed by atoms with van der Waals surface area (Å²) in [6.45, 7) is 3.11. The van der Waals surface area contributed by atoms with Crippen molar-refractivity contribution in [3.8, 4) is 0 Å². The normalized spacial score (nSPS) is 8.29. The van der Waals surface area contributed by atoms with Gasteiger partial charge in [-0.25, -0.2) is 0 Å². The zero-order valence-corrected chi connectivity index (χ0v) is 4.62. The second-order valence-corrected chi connectivity index (χ2v) is 1.66. The Balaban J connectivity index is 3.32. The quantitative estimate of drug-likeness (QED) is 0.515. The van der Waals surface area contributed by atoms with Gasteiger partial charge >= 0.3 is 0 Å². The molecule has 0 spiro atoms. The second-order valence-electron chi connectivity index (χ2n) is 1.66. The van der Waals surface area contributed by atoms with Crippen molar-refractivity contribution < 1.29 is 4.79 Å². The Hall–Kier alpha value is -0.660. The summed E-state index contributed by atoms with van der Waals surface area (Å²) in [7, 11) is 0. The van der Waals surface area contributed by atoms with Crippen molar-refractivity contribution in [1.82, 2.24) is 0 Å². The van der Waals surface area contributed by atoms with E-state index in [1.807, 2.05) is 0 Å². The Kier molecular flexibility index (Phi) is 2.27. The molecule has 0 aromatic carbocycles. The van der Waals surface area contributed by atoms with Crippen LogP contribution in [0.1, 0.15) is 20.3 Å². The molecule has 0 saturated carbocycles. The molecular formula is C5H9NO. The average Bonchev–Trinajstić information content (AvgIpc) is 1.27. The highest BCUT2D eigenvalue weighted by atomic mass is 16.1. The molecule has 1 N–H and O–H groups in total. The third-order valence-electron chi connectivity index (χ3n) is 0.514. The Morgan fingerprint density at radius 3 is 2.00 bits per heavy atom. The van der Waals surface area contributed by atoms with Gasteiger partial charge in [0, 0.05) is 12.1 Å². The number of ketones is 1. The number of nitrogens with one attached hydrogen (secondary N) is 1. The highest BCUT2D eigenvalue weighted by Gasteiger charge is 1.90. The number of carbonyl (C=O) groups is 1. The molecular weight excluding hydrogens is 90.1 g/mol. The summed E-state index contributed by atoms with van der Waals surface area (Å²) in [5, 5.41) is 6.80. The van der Waals surface area contributed by atoms with E-state index in [1.54, 1.807) is 6.92 Å². The number of carbonyl (C=O) groups excluding carboxylic acids is 1. The van der Waals surface area contributed by atoms with Gasteiger partial charge in [0.05, 0.1) is 0 Å². The first-order chi connectivity index (χ1) is 3.13. The molecule has 0 rings (SSSR count). The molecule has 2 heteroatoms. The van der Waals surface area contributed by atoms with Gasteiger partial charge in [-0.1, -0.05) is 0 Å². The van der Waals surface area contributed by atoms with Crippen LogP contribution >= 0.6 is 0 Å². The van der Waals surface area contributed by atoms with Crippen molar-refractivity contribution >= 4 is 11.5 Å². The predicted molar refractivity (Wildman–Crippen MR) is 28.7 cm³/mol. The van der Waals surface area contributed by atoms with Gasteiger partial charge in [-0.2, -0.15) is 0 Å². The molecule has 0 aromatic rings. The molecule has 0 aliphatic carbocycles. The summed E-state index contributed by atoms with van der Waals surface area (Å²) in [6.07, 6.45) is 0.306. The molecule has 0 amide bonds. The van der Waals surface area contributed by atoms with Crippen LogP contribution in [0.3, 0.4) is 0 Å². The van der Waals surface area contributed by atoms with Gasteiger partial charge in [-0.05, 0) is 13.8 Å². The maximum absolute atomic E-state index is 10.1. The average molecular weight is 99.1 g/mol. The number of hydrogen-bond donors (Lipinski definition) is 1. The maximum atomic E-state index is 10.1. The van der Waals surface area contributed by atoms with E-state index in [0.717, 1.165) is 0 Å². The molecule has 7 heavy (non-hydrogen) atoms. The van der Waals surface area contributed by atoms with Crippen LogP contribution in [-0.4, -0.2) is 11.5 Å². The molecule has 2 nitrogen and oxygen atoms in total. The van der Waals surface area contributed by atoms with Crippen molar-refractivity contribution in [2.75, 3.05) is 0 Å². The van der Waals surface area contributed by atoms with Crippen LogP contribution in [0.2, 0.25) is 0 Å². The number of rotatable bonds is 2. The van der Waals surface area contributed by atoms with E-state index in [4.69, 9.17) is 5.41 Å². The van der Waals surface area contributed by atoms with E-state index in [0.29, 0.717) is 12.1 Å². The lowest BCUT2D eigenvalue weighted by Gasteiger charge is -1.85. The van der Waals surface area contributed by atoms with Crippen LogP contribution in [0.5, 0.6) is 0 Å². The standard InChI is InChI=1S/C5H9NO/c1-4(6)3-5(2)7/h6H,3H2,1-2H3. The molecule has 0 radical (unpaired) electrons. The Bertz CT molecular complexity index is 84.3. The van der Waals surface area contributed by atoms with Gasteiger partial charge in [0.2, 0.25) is 0 Å². The first-order valence-electron chi connectivity index (χ1n) is 2.16. The fourth-order valence-electron chi connectivity index (χ4n) is 0.373. The first kappa shape index (κ1) is 6.34. The highest BCUT2D eigenvalue weighted by molar-refractivity contribution is 5.98. The Morgan fingerprint density at radius 2 is 2.00 bits per heavy atom. The fourth-order valence-corrected chi connectivity index (χ4v) is 0.373. The van der Waals surface area contributed by atoms with E-state index < -0.39 is 0 Å². The minimum absolute atomic E-state index is 0.0625. The van der Waals surface area contributed by atoms with E-state index in [2.05, 4.69) is 0 Å². The lowest BCUT2D eigenvalue weighted by molar-refractivity contribution is -0.115. The largest absolute Gasteiger partial charge is 0.310 e. The predicted octanol–water partition coefficient (Wildman–Crippen LogP) is 1.01. The smallest absolute Gasteiger partial charge is 0.135 e. The summed E-state index contributed by atoms with van der Waals surface area (Å²) in [4.78, 5) is 10.1. The SMILES string of the molecule is CC(=N)CC(C)=O. The number of hydrogen-bond acceptors (Lipinski definition) is 2. The minimum atomic E-state index is 0.0625. The topological polar surface area (TPSA) is 40.9 Å². The van der Waals surface area contributed by atoms with Crippen LogP contribution in [0, 0.1) is 5.41 Å². The van der Waals surface area contributed by atoms with Gasteiger partial charge in [0.1, 0.15) is 5.78 Å². The van der Waals surface area contributed by atoms with Crippen LogP contribution in [0.25, 0.3) is 0 Å². The molecule has 0 unspecified atom stereocenters. The van der Waals surface area contributed by atoms with Crippen molar-refractivity contribution in [3.63, 3.8) is 0 Å². The highest BCUT2D eigenvalue weighted by Crippen LogP contribution is 1.81. The molecule has 0 fully saturated rings. The fraction of sp³-hybridized carbons (Fsp3) is 0.600. The van der Waals surface area contributed by atoms with Gasteiger partial charge in [0.15, 0.2) is 0 Å². The molecule has 0 atom stereocenters. The van der Waals surface area contributed by atoms with Crippen LogP contribution in [0.4, 0.5) is 0 Å². The molecule has 0 bridgehead atoms. The Labute approximate surface area is 43.0 Å². The van der Waals surface area contributed by atoms with Crippen molar-refractivity contribution in [2.24, 2.45) is 0 Å². The molecule has 0 aliphatic rings. The summed E-state index contributed by atoms with van der Waals surface area (Å²) in [5.41, 5.74) is 0.438. The van der Waals surface area contributed by atoms with Gasteiger partial charge in [-0.15, -0.1) is 0 Å². The summed E-state index contributed by atoms with van der Waals surface area (Å²) < 4.78 is 0. The lowest BCUT2D eigenvalue weighted by atomic mass is 10.2. The first-order valence-corrected chi connectivity index (χ1v) is 2.16. The van der Waals surface area contributed by atoms with E-state index >= 15 is 0 Å². The molecule has 0 aliphatic heterocycles. The molecule has 0 heterocycles. The third kappa shape index (κ3) is 5.34. The van der Waals surface area contributed by atoms with Crippen molar-refractivity contribution in [2.45, 2.75) is 20.3 Å². The Morgan fingerprint density at radius 1 is 1.57 bits per heavy atom. The van der Waals surface area contributed by atoms with Gasteiger partial charge in [-0.3, -0.25) is 4.79 Å². The van der Waals surface area contributed by atoms with Crippen molar-refractivity contribution in [1.29, 1.82) is 5.41 Å². The monoisotopic (exact) mass is 99.1 g/mol. The minimum Gasteiger partial charge on any atom is -0.310 e. The second kappa shape index (κ2) is 2.50. The van der Waals surface area contributed by atoms with E-state index in [9.17, 15) is 4.79 Å². The third-order valence-corrected chi connectivity index (χ3v) is 0.514. The summed E-state index contributed by atoms with van der Waals surface area (Å²) in [5.74, 6) is 0.0625. The van der Waals surface area contributed by atoms with Gasteiger partial charge in [0.25, 0.3) is 0 Å². The number of Topliss-reactive ketones (excluding diaryl/α,β-unsaturated/α-hetero) is 1. The molecule has 0 aromatic heterocycles. The molecule has 40 valence electrons. The van der Waals surface area contributed by atoms with E-state index in [-0.39, 0.29) is 5.78 Å².